The van der Waals surface area contributed by atoms with Crippen LogP contribution in [0.2, 0.25) is 0 Å². The van der Waals surface area contributed by atoms with E-state index >= 15 is 0 Å². The molecule has 0 N–H and O–H groups in total. The summed E-state index contributed by atoms with van der Waals surface area (Å²) in [5, 5.41) is 0. The molecular formula is C34H41N3O2. The zero-order valence-corrected chi connectivity index (χ0v) is 23.6. The number of carbonyl (C=O) groups is 2. The molecule has 2 fully saturated rings. The van der Waals surface area contributed by atoms with Crippen LogP contribution in [0.1, 0.15) is 53.0 Å². The number of amides is 2. The van der Waals surface area contributed by atoms with Crippen molar-refractivity contribution < 1.29 is 9.59 Å². The standard InChI is InChI=1S/C34H41N3O2/c1-26-9-13-28(14-10-26)31(29-15-11-27(2)12-16-29)25-32(38)36-19-17-34(18-20-36,30-7-5-4-6-8-30)33(39)37-23-21-35(3)22-24-37/h4-16,31H,17-25H2,1-3H3. The summed E-state index contributed by atoms with van der Waals surface area (Å²) in [5.74, 6) is 0.396. The first-order valence-electron chi connectivity index (χ1n) is 14.3. The Morgan fingerprint density at radius 2 is 1.21 bits per heavy atom. The normalized spacial score (nSPS) is 17.8. The van der Waals surface area contributed by atoms with Crippen LogP contribution >= 0.6 is 0 Å². The van der Waals surface area contributed by atoms with Gasteiger partial charge in [0.2, 0.25) is 11.8 Å². The van der Waals surface area contributed by atoms with E-state index in [-0.39, 0.29) is 17.7 Å². The monoisotopic (exact) mass is 523 g/mol. The van der Waals surface area contributed by atoms with Crippen molar-refractivity contribution in [2.24, 2.45) is 0 Å². The molecule has 0 aromatic heterocycles. The molecule has 0 radical (unpaired) electrons. The minimum Gasteiger partial charge on any atom is -0.343 e. The fraction of sp³-hybridized carbons (Fsp3) is 0.412. The van der Waals surface area contributed by atoms with Gasteiger partial charge in [-0.2, -0.15) is 0 Å². The predicted octanol–water partition coefficient (Wildman–Crippen LogP) is 5.16. The van der Waals surface area contributed by atoms with Crippen molar-refractivity contribution in [2.45, 2.75) is 44.4 Å². The third-order valence-electron chi connectivity index (χ3n) is 8.83. The molecule has 2 aliphatic heterocycles. The number of likely N-dealkylation sites (N-methyl/N-ethyl adjacent to an activating group) is 1. The van der Waals surface area contributed by atoms with Gasteiger partial charge in [-0.3, -0.25) is 9.59 Å². The molecule has 39 heavy (non-hydrogen) atoms. The fourth-order valence-electron chi connectivity index (χ4n) is 6.16. The Labute approximate surface area is 233 Å². The maximum Gasteiger partial charge on any atom is 0.233 e. The third-order valence-corrected chi connectivity index (χ3v) is 8.83. The van der Waals surface area contributed by atoms with Gasteiger partial charge in [-0.15, -0.1) is 0 Å². The molecule has 0 aliphatic carbocycles. The second-order valence-electron chi connectivity index (χ2n) is 11.5. The van der Waals surface area contributed by atoms with Crippen LogP contribution in [-0.4, -0.2) is 72.8 Å². The number of aryl methyl sites for hydroxylation is 2. The van der Waals surface area contributed by atoms with E-state index in [0.29, 0.717) is 32.4 Å². The van der Waals surface area contributed by atoms with Crippen LogP contribution in [0.15, 0.2) is 78.9 Å². The van der Waals surface area contributed by atoms with Crippen molar-refractivity contribution in [1.29, 1.82) is 0 Å². The van der Waals surface area contributed by atoms with E-state index in [1.165, 1.54) is 22.3 Å². The summed E-state index contributed by atoms with van der Waals surface area (Å²) in [7, 11) is 2.11. The summed E-state index contributed by atoms with van der Waals surface area (Å²) < 4.78 is 0. The van der Waals surface area contributed by atoms with Gasteiger partial charge >= 0.3 is 0 Å². The molecule has 0 bridgehead atoms. The smallest absolute Gasteiger partial charge is 0.233 e. The summed E-state index contributed by atoms with van der Waals surface area (Å²) in [4.78, 5) is 34.2. The Kier molecular flexibility index (Phi) is 8.18. The van der Waals surface area contributed by atoms with Crippen molar-refractivity contribution in [3.63, 3.8) is 0 Å². The van der Waals surface area contributed by atoms with Crippen molar-refractivity contribution in [3.05, 3.63) is 107 Å². The van der Waals surface area contributed by atoms with E-state index in [1.54, 1.807) is 0 Å². The maximum absolute atomic E-state index is 14.1. The first-order valence-corrected chi connectivity index (χ1v) is 14.3. The van der Waals surface area contributed by atoms with Gasteiger partial charge in [0.05, 0.1) is 5.41 Å². The summed E-state index contributed by atoms with van der Waals surface area (Å²) in [6.07, 6.45) is 1.75. The van der Waals surface area contributed by atoms with Crippen LogP contribution in [0, 0.1) is 13.8 Å². The topological polar surface area (TPSA) is 43.9 Å². The van der Waals surface area contributed by atoms with Gasteiger partial charge in [0.25, 0.3) is 0 Å². The van der Waals surface area contributed by atoms with Crippen molar-refractivity contribution >= 4 is 11.8 Å². The van der Waals surface area contributed by atoms with Crippen LogP contribution in [0.4, 0.5) is 0 Å². The number of benzene rings is 3. The number of rotatable bonds is 6. The van der Waals surface area contributed by atoms with Crippen molar-refractivity contribution in [1.82, 2.24) is 14.7 Å². The number of likely N-dealkylation sites (tertiary alicyclic amines) is 1. The Morgan fingerprint density at radius 1 is 0.692 bits per heavy atom. The number of hydrogen-bond donors (Lipinski definition) is 0. The predicted molar refractivity (Wildman–Crippen MR) is 157 cm³/mol. The lowest BCUT2D eigenvalue weighted by atomic mass is 9.71. The average molecular weight is 524 g/mol. The first kappa shape index (κ1) is 27.1. The minimum absolute atomic E-state index is 0.00600. The van der Waals surface area contributed by atoms with Gasteiger partial charge in [-0.1, -0.05) is 90.0 Å². The Hall–Kier alpha value is -3.44. The van der Waals surface area contributed by atoms with Gasteiger partial charge in [-0.05, 0) is 50.4 Å². The number of carbonyl (C=O) groups excluding carboxylic acids is 2. The first-order chi connectivity index (χ1) is 18.9. The van der Waals surface area contributed by atoms with Gasteiger partial charge in [0.1, 0.15) is 0 Å². The molecule has 2 saturated heterocycles. The highest BCUT2D eigenvalue weighted by atomic mass is 16.2. The van der Waals surface area contributed by atoms with Crippen LogP contribution < -0.4 is 0 Å². The maximum atomic E-state index is 14.1. The number of piperazine rings is 1. The molecule has 3 aromatic carbocycles. The molecule has 0 atom stereocenters. The lowest BCUT2D eigenvalue weighted by molar-refractivity contribution is -0.144. The lowest BCUT2D eigenvalue weighted by Crippen LogP contribution is -2.57. The molecule has 2 aliphatic rings. The molecule has 2 amide bonds. The zero-order chi connectivity index (χ0) is 27.4. The van der Waals surface area contributed by atoms with Crippen LogP contribution in [0.25, 0.3) is 0 Å². The van der Waals surface area contributed by atoms with Gasteiger partial charge in [0.15, 0.2) is 0 Å². The summed E-state index contributed by atoms with van der Waals surface area (Å²) in [6, 6.07) is 27.4. The highest BCUT2D eigenvalue weighted by Gasteiger charge is 2.46. The van der Waals surface area contributed by atoms with E-state index < -0.39 is 5.41 Å². The molecule has 0 saturated carbocycles. The minimum atomic E-state index is -0.568. The Morgan fingerprint density at radius 3 is 1.72 bits per heavy atom. The molecular weight excluding hydrogens is 482 g/mol. The summed E-state index contributed by atoms with van der Waals surface area (Å²) in [6.45, 7) is 8.71. The molecule has 0 spiro atoms. The quantitative estimate of drug-likeness (QED) is 0.448. The number of piperidine rings is 1. The van der Waals surface area contributed by atoms with E-state index in [0.717, 1.165) is 31.7 Å². The fourth-order valence-corrected chi connectivity index (χ4v) is 6.16. The SMILES string of the molecule is Cc1ccc(C(CC(=O)N2CCC(C(=O)N3CCN(C)CC3)(c3ccccc3)CC2)c2ccc(C)cc2)cc1. The Balaban J connectivity index is 1.34. The molecule has 5 heteroatoms. The third kappa shape index (κ3) is 5.94. The lowest BCUT2D eigenvalue weighted by Gasteiger charge is -2.45. The molecule has 5 rings (SSSR count). The van der Waals surface area contributed by atoms with Crippen LogP contribution in [0.5, 0.6) is 0 Å². The molecule has 0 unspecified atom stereocenters. The highest BCUT2D eigenvalue weighted by Crippen LogP contribution is 2.39. The van der Waals surface area contributed by atoms with E-state index in [4.69, 9.17) is 0 Å². The molecule has 204 valence electrons. The molecule has 2 heterocycles. The van der Waals surface area contributed by atoms with Gasteiger partial charge in [-0.25, -0.2) is 0 Å². The van der Waals surface area contributed by atoms with Crippen molar-refractivity contribution in [2.75, 3.05) is 46.3 Å². The van der Waals surface area contributed by atoms with Gasteiger partial charge in [0, 0.05) is 51.6 Å². The van der Waals surface area contributed by atoms with E-state index in [9.17, 15) is 9.59 Å². The summed E-state index contributed by atoms with van der Waals surface area (Å²) >= 11 is 0. The zero-order valence-electron chi connectivity index (χ0n) is 23.6. The number of nitrogens with zero attached hydrogens (tertiary/aromatic N) is 3. The second kappa shape index (κ2) is 11.7. The van der Waals surface area contributed by atoms with E-state index in [1.807, 2.05) is 23.1 Å². The van der Waals surface area contributed by atoms with Crippen molar-refractivity contribution in [3.8, 4) is 0 Å². The highest BCUT2D eigenvalue weighted by molar-refractivity contribution is 5.89. The Bertz CT molecular complexity index is 1210. The van der Waals surface area contributed by atoms with Gasteiger partial charge < -0.3 is 14.7 Å². The largest absolute Gasteiger partial charge is 0.343 e. The number of hydrogen-bond acceptors (Lipinski definition) is 3. The molecule has 3 aromatic rings. The second-order valence-corrected chi connectivity index (χ2v) is 11.5. The molecule has 5 nitrogen and oxygen atoms in total. The average Bonchev–Trinajstić information content (AvgIpc) is 2.97. The summed E-state index contributed by atoms with van der Waals surface area (Å²) in [5.41, 5.74) is 5.27. The van der Waals surface area contributed by atoms with E-state index in [2.05, 4.69) is 91.4 Å². The van der Waals surface area contributed by atoms with Crippen LogP contribution in [0.3, 0.4) is 0 Å². The van der Waals surface area contributed by atoms with Crippen LogP contribution in [-0.2, 0) is 15.0 Å².